The summed E-state index contributed by atoms with van der Waals surface area (Å²) in [6, 6.07) is 7.03. The van der Waals surface area contributed by atoms with Gasteiger partial charge in [0.05, 0.1) is 6.61 Å². The van der Waals surface area contributed by atoms with E-state index in [1.165, 1.54) is 37.2 Å². The van der Waals surface area contributed by atoms with Gasteiger partial charge in [0, 0.05) is 29.3 Å². The third kappa shape index (κ3) is 3.18. The summed E-state index contributed by atoms with van der Waals surface area (Å²) in [6.07, 6.45) is 3.56. The van der Waals surface area contributed by atoms with Crippen LogP contribution in [0.15, 0.2) is 18.2 Å². The molecule has 116 valence electrons. The van der Waals surface area contributed by atoms with Gasteiger partial charge in [0.15, 0.2) is 0 Å². The number of nitrogens with zero attached hydrogens (tertiary/aromatic N) is 1. The highest BCUT2D eigenvalue weighted by molar-refractivity contribution is 5.61. The average molecular weight is 288 g/mol. The van der Waals surface area contributed by atoms with Crippen molar-refractivity contribution >= 4 is 5.69 Å². The number of nitrogens with one attached hydrogen (secondary N) is 1. The molecule has 21 heavy (non-hydrogen) atoms. The molecule has 1 aromatic carbocycles. The Morgan fingerprint density at radius 1 is 1.29 bits per heavy atom. The van der Waals surface area contributed by atoms with Crippen LogP contribution in [-0.2, 0) is 6.42 Å². The molecule has 0 bridgehead atoms. The largest absolute Gasteiger partial charge is 0.493 e. The van der Waals surface area contributed by atoms with Crippen molar-refractivity contribution in [3.8, 4) is 5.75 Å². The van der Waals surface area contributed by atoms with E-state index in [-0.39, 0.29) is 0 Å². The third-order valence-electron chi connectivity index (χ3n) is 5.14. The monoisotopic (exact) mass is 288 g/mol. The van der Waals surface area contributed by atoms with Crippen molar-refractivity contribution in [3.63, 3.8) is 0 Å². The summed E-state index contributed by atoms with van der Waals surface area (Å²) in [6.45, 7) is 11.2. The topological polar surface area (TPSA) is 24.5 Å². The molecule has 2 heterocycles. The molecule has 0 radical (unpaired) electrons. The fourth-order valence-electron chi connectivity index (χ4n) is 3.42. The van der Waals surface area contributed by atoms with Crippen LogP contribution in [0.5, 0.6) is 5.75 Å². The lowest BCUT2D eigenvalue weighted by Gasteiger charge is -2.40. The molecule has 3 rings (SSSR count). The Morgan fingerprint density at radius 3 is 2.76 bits per heavy atom. The quantitative estimate of drug-likeness (QED) is 0.917. The van der Waals surface area contributed by atoms with Gasteiger partial charge in [-0.2, -0.15) is 0 Å². The van der Waals surface area contributed by atoms with E-state index in [0.29, 0.717) is 11.5 Å². The Labute approximate surface area is 128 Å². The summed E-state index contributed by atoms with van der Waals surface area (Å²) in [4.78, 5) is 2.58. The molecule has 1 fully saturated rings. The smallest absolute Gasteiger partial charge is 0.124 e. The van der Waals surface area contributed by atoms with Crippen LogP contribution in [0.25, 0.3) is 0 Å². The van der Waals surface area contributed by atoms with Crippen molar-refractivity contribution in [2.75, 3.05) is 31.6 Å². The number of anilines is 1. The first-order chi connectivity index (χ1) is 10.1. The van der Waals surface area contributed by atoms with Gasteiger partial charge in [-0.15, -0.1) is 0 Å². The Morgan fingerprint density at radius 2 is 2.05 bits per heavy atom. The average Bonchev–Trinajstić information content (AvgIpc) is 2.94. The zero-order chi connectivity index (χ0) is 14.9. The van der Waals surface area contributed by atoms with Gasteiger partial charge in [-0.3, -0.25) is 0 Å². The fraction of sp³-hybridized carbons (Fsp3) is 0.667. The van der Waals surface area contributed by atoms with E-state index in [2.05, 4.69) is 49.2 Å². The molecule has 2 aliphatic heterocycles. The molecular weight excluding hydrogens is 260 g/mol. The molecule has 0 unspecified atom stereocenters. The molecule has 3 heteroatoms. The van der Waals surface area contributed by atoms with Crippen molar-refractivity contribution in [3.05, 3.63) is 23.8 Å². The van der Waals surface area contributed by atoms with Crippen LogP contribution in [-0.4, -0.2) is 37.2 Å². The third-order valence-corrected chi connectivity index (χ3v) is 5.14. The second-order valence-electron chi connectivity index (χ2n) is 7.19. The summed E-state index contributed by atoms with van der Waals surface area (Å²) >= 11 is 0. The first kappa shape index (κ1) is 14.7. The number of benzene rings is 1. The highest BCUT2D eigenvalue weighted by atomic mass is 16.5. The lowest BCUT2D eigenvalue weighted by Crippen LogP contribution is -2.44. The molecule has 1 aromatic rings. The van der Waals surface area contributed by atoms with Crippen LogP contribution < -0.4 is 10.1 Å². The second-order valence-corrected chi connectivity index (χ2v) is 7.19. The van der Waals surface area contributed by atoms with E-state index in [9.17, 15) is 0 Å². The van der Waals surface area contributed by atoms with Crippen molar-refractivity contribution in [2.45, 2.75) is 46.1 Å². The Bertz CT molecular complexity index is 490. The number of hydrogen-bond acceptors (Lipinski definition) is 3. The Kier molecular flexibility index (Phi) is 4.12. The number of likely N-dealkylation sites (tertiary alicyclic amines) is 1. The molecule has 0 spiro atoms. The van der Waals surface area contributed by atoms with Gasteiger partial charge < -0.3 is 15.0 Å². The number of fused-ring (bicyclic) bond motifs is 1. The fourth-order valence-corrected chi connectivity index (χ4v) is 3.42. The molecule has 3 nitrogen and oxygen atoms in total. The number of piperidine rings is 1. The summed E-state index contributed by atoms with van der Waals surface area (Å²) < 4.78 is 6.23. The number of rotatable bonds is 4. The van der Waals surface area contributed by atoms with Crippen molar-refractivity contribution < 1.29 is 4.74 Å². The van der Waals surface area contributed by atoms with Crippen LogP contribution in [0.1, 0.15) is 39.2 Å². The normalized spacial score (nSPS) is 21.1. The highest BCUT2D eigenvalue weighted by Gasteiger charge is 2.32. The Balaban J connectivity index is 1.59. The van der Waals surface area contributed by atoms with Gasteiger partial charge in [0.1, 0.15) is 5.75 Å². The predicted octanol–water partition coefficient (Wildman–Crippen LogP) is 3.54. The molecule has 1 N–H and O–H groups in total. The molecule has 0 amide bonds. The molecule has 0 aliphatic carbocycles. The minimum atomic E-state index is 0.320. The van der Waals surface area contributed by atoms with Gasteiger partial charge in [-0.05, 0) is 58.3 Å². The summed E-state index contributed by atoms with van der Waals surface area (Å²) in [5.74, 6) is 1.09. The van der Waals surface area contributed by atoms with Gasteiger partial charge >= 0.3 is 0 Å². The summed E-state index contributed by atoms with van der Waals surface area (Å²) in [7, 11) is 0. The highest BCUT2D eigenvalue weighted by Crippen LogP contribution is 2.35. The van der Waals surface area contributed by atoms with E-state index >= 15 is 0 Å². The van der Waals surface area contributed by atoms with Crippen LogP contribution in [0.4, 0.5) is 5.69 Å². The molecule has 2 aliphatic rings. The standard InChI is InChI=1S/C18H28N2O/c1-14(2)20-11-8-18(3,9-12-20)13-21-17-6-4-5-16-15(17)7-10-19-16/h4-6,14,19H,7-13H2,1-3H3. The van der Waals surface area contributed by atoms with Crippen LogP contribution in [0, 0.1) is 5.41 Å². The summed E-state index contributed by atoms with van der Waals surface area (Å²) in [5, 5.41) is 3.42. The summed E-state index contributed by atoms with van der Waals surface area (Å²) in [5.41, 5.74) is 2.94. The maximum Gasteiger partial charge on any atom is 0.124 e. The van der Waals surface area contributed by atoms with E-state index in [0.717, 1.165) is 25.3 Å². The van der Waals surface area contributed by atoms with Crippen molar-refractivity contribution in [2.24, 2.45) is 5.41 Å². The lowest BCUT2D eigenvalue weighted by atomic mass is 9.81. The zero-order valence-electron chi connectivity index (χ0n) is 13.6. The molecule has 0 atom stereocenters. The van der Waals surface area contributed by atoms with Crippen molar-refractivity contribution in [1.82, 2.24) is 4.90 Å². The van der Waals surface area contributed by atoms with E-state index in [1.54, 1.807) is 0 Å². The van der Waals surface area contributed by atoms with Crippen molar-refractivity contribution in [1.29, 1.82) is 0 Å². The number of ether oxygens (including phenoxy) is 1. The first-order valence-corrected chi connectivity index (χ1v) is 8.30. The van der Waals surface area contributed by atoms with E-state index in [4.69, 9.17) is 4.74 Å². The van der Waals surface area contributed by atoms with Gasteiger partial charge in [-0.25, -0.2) is 0 Å². The maximum absolute atomic E-state index is 6.23. The zero-order valence-corrected chi connectivity index (χ0v) is 13.6. The first-order valence-electron chi connectivity index (χ1n) is 8.30. The SMILES string of the molecule is CC(C)N1CCC(C)(COc2cccc3c2CCN3)CC1. The Hall–Kier alpha value is -1.22. The predicted molar refractivity (Wildman–Crippen MR) is 88.2 cm³/mol. The van der Waals surface area contributed by atoms with Gasteiger partial charge in [-0.1, -0.05) is 13.0 Å². The molecule has 1 saturated heterocycles. The molecular formula is C18H28N2O. The molecule has 0 saturated carbocycles. The minimum Gasteiger partial charge on any atom is -0.493 e. The second kappa shape index (κ2) is 5.88. The van der Waals surface area contributed by atoms with Crippen LogP contribution in [0.2, 0.25) is 0 Å². The van der Waals surface area contributed by atoms with Crippen LogP contribution in [0.3, 0.4) is 0 Å². The van der Waals surface area contributed by atoms with Gasteiger partial charge in [0.2, 0.25) is 0 Å². The van der Waals surface area contributed by atoms with Crippen LogP contribution >= 0.6 is 0 Å². The van der Waals surface area contributed by atoms with E-state index in [1.807, 2.05) is 0 Å². The number of hydrogen-bond donors (Lipinski definition) is 1. The minimum absolute atomic E-state index is 0.320. The van der Waals surface area contributed by atoms with E-state index < -0.39 is 0 Å². The molecule has 0 aromatic heterocycles. The maximum atomic E-state index is 6.23. The van der Waals surface area contributed by atoms with Gasteiger partial charge in [0.25, 0.3) is 0 Å². The lowest BCUT2D eigenvalue weighted by molar-refractivity contribution is 0.0550.